The number of halogens is 2. The Morgan fingerprint density at radius 2 is 1.50 bits per heavy atom. The second-order valence-electron chi connectivity index (χ2n) is 2.65. The summed E-state index contributed by atoms with van der Waals surface area (Å²) in [5.74, 6) is 0.888. The molecular formula is C9H18Cl2O3. The van der Waals surface area contributed by atoms with Crippen LogP contribution in [0.25, 0.3) is 0 Å². The minimum absolute atomic E-state index is 0.105. The predicted octanol–water partition coefficient (Wildman–Crippen LogP) is 2.25. The van der Waals surface area contributed by atoms with E-state index in [1.807, 2.05) is 13.8 Å². The Hall–Kier alpha value is 0.460. The highest BCUT2D eigenvalue weighted by molar-refractivity contribution is 6.18. The first-order valence-electron chi connectivity index (χ1n) is 4.73. The van der Waals surface area contributed by atoms with E-state index in [1.165, 1.54) is 0 Å². The Balaban J connectivity index is 3.81. The average Bonchev–Trinajstić information content (AvgIpc) is 2.18. The van der Waals surface area contributed by atoms with Crippen LogP contribution in [0.2, 0.25) is 0 Å². The first-order valence-corrected chi connectivity index (χ1v) is 5.79. The molecule has 1 atom stereocenters. The van der Waals surface area contributed by atoms with Gasteiger partial charge >= 0.3 is 0 Å². The smallest absolute Gasteiger partial charge is 0.183 e. The van der Waals surface area contributed by atoms with Crippen molar-refractivity contribution in [3.63, 3.8) is 0 Å². The molecule has 0 aromatic rings. The van der Waals surface area contributed by atoms with E-state index in [1.54, 1.807) is 0 Å². The third-order valence-corrected chi connectivity index (χ3v) is 1.84. The second-order valence-corrected chi connectivity index (χ2v) is 3.40. The van der Waals surface area contributed by atoms with Gasteiger partial charge in [0.15, 0.2) is 6.29 Å². The maximum Gasteiger partial charge on any atom is 0.183 e. The van der Waals surface area contributed by atoms with Crippen molar-refractivity contribution in [2.24, 2.45) is 0 Å². The van der Waals surface area contributed by atoms with Crippen molar-refractivity contribution in [3.8, 4) is 0 Å². The van der Waals surface area contributed by atoms with Crippen LogP contribution in [0.15, 0.2) is 0 Å². The first kappa shape index (κ1) is 14.5. The van der Waals surface area contributed by atoms with E-state index in [0.29, 0.717) is 31.6 Å². The highest BCUT2D eigenvalue weighted by atomic mass is 35.5. The van der Waals surface area contributed by atoms with Gasteiger partial charge in [-0.1, -0.05) is 0 Å². The topological polar surface area (TPSA) is 27.7 Å². The number of hydrogen-bond donors (Lipinski definition) is 0. The molecule has 0 aliphatic rings. The molecule has 0 heterocycles. The monoisotopic (exact) mass is 244 g/mol. The zero-order chi connectivity index (χ0) is 10.8. The molecule has 0 amide bonds. The van der Waals surface area contributed by atoms with Gasteiger partial charge < -0.3 is 14.2 Å². The van der Waals surface area contributed by atoms with Gasteiger partial charge in [-0.2, -0.15) is 0 Å². The Bertz CT molecular complexity index is 117. The third kappa shape index (κ3) is 6.85. The Labute approximate surface area is 95.6 Å². The van der Waals surface area contributed by atoms with Crippen molar-refractivity contribution in [3.05, 3.63) is 0 Å². The van der Waals surface area contributed by atoms with Gasteiger partial charge in [-0.15, -0.1) is 23.2 Å². The molecule has 0 saturated carbocycles. The molecule has 1 unspecified atom stereocenters. The van der Waals surface area contributed by atoms with Crippen molar-refractivity contribution < 1.29 is 14.2 Å². The summed E-state index contributed by atoms with van der Waals surface area (Å²) in [5, 5.41) is 0. The van der Waals surface area contributed by atoms with Gasteiger partial charge in [-0.3, -0.25) is 0 Å². The Morgan fingerprint density at radius 1 is 1.00 bits per heavy atom. The van der Waals surface area contributed by atoms with E-state index in [4.69, 9.17) is 37.4 Å². The second kappa shape index (κ2) is 9.99. The standard InChI is InChI=1S/C9H18Cl2O3/c1-3-12-8(2)9(13-6-4-10)14-7-5-11/h8-9H,3-7H2,1-2H3. The Morgan fingerprint density at radius 3 is 1.86 bits per heavy atom. The largest absolute Gasteiger partial charge is 0.374 e. The van der Waals surface area contributed by atoms with E-state index in [0.717, 1.165) is 0 Å². The van der Waals surface area contributed by atoms with E-state index in [-0.39, 0.29) is 12.4 Å². The van der Waals surface area contributed by atoms with Crippen LogP contribution in [-0.2, 0) is 14.2 Å². The quantitative estimate of drug-likeness (QED) is 0.460. The minimum Gasteiger partial charge on any atom is -0.374 e. The molecule has 86 valence electrons. The van der Waals surface area contributed by atoms with Gasteiger partial charge in [0.05, 0.1) is 13.2 Å². The maximum atomic E-state index is 5.51. The van der Waals surface area contributed by atoms with E-state index in [2.05, 4.69) is 0 Å². The summed E-state index contributed by atoms with van der Waals surface area (Å²) in [7, 11) is 0. The lowest BCUT2D eigenvalue weighted by molar-refractivity contribution is -0.196. The highest BCUT2D eigenvalue weighted by Gasteiger charge is 2.18. The van der Waals surface area contributed by atoms with Crippen molar-refractivity contribution in [1.82, 2.24) is 0 Å². The maximum absolute atomic E-state index is 5.51. The molecule has 0 fully saturated rings. The minimum atomic E-state index is -0.382. The lowest BCUT2D eigenvalue weighted by Gasteiger charge is -2.23. The molecule has 5 heteroatoms. The predicted molar refractivity (Wildman–Crippen MR) is 58.2 cm³/mol. The summed E-state index contributed by atoms with van der Waals surface area (Å²) in [5.41, 5.74) is 0. The summed E-state index contributed by atoms with van der Waals surface area (Å²) in [6.45, 7) is 5.36. The average molecular weight is 245 g/mol. The first-order chi connectivity index (χ1) is 6.76. The van der Waals surface area contributed by atoms with Crippen molar-refractivity contribution in [2.45, 2.75) is 26.2 Å². The van der Waals surface area contributed by atoms with E-state index in [9.17, 15) is 0 Å². The summed E-state index contributed by atoms with van der Waals surface area (Å²) in [6.07, 6.45) is -0.487. The molecule has 0 saturated heterocycles. The van der Waals surface area contributed by atoms with Crippen molar-refractivity contribution >= 4 is 23.2 Å². The number of rotatable bonds is 9. The molecule has 0 aliphatic carbocycles. The van der Waals surface area contributed by atoms with Crippen LogP contribution in [0.5, 0.6) is 0 Å². The molecule has 3 nitrogen and oxygen atoms in total. The number of ether oxygens (including phenoxy) is 3. The van der Waals surface area contributed by atoms with Gasteiger partial charge in [-0.25, -0.2) is 0 Å². The van der Waals surface area contributed by atoms with Crippen LogP contribution in [0, 0.1) is 0 Å². The SMILES string of the molecule is CCOC(C)C(OCCCl)OCCCl. The van der Waals surface area contributed by atoms with Gasteiger partial charge in [0.2, 0.25) is 0 Å². The van der Waals surface area contributed by atoms with Crippen LogP contribution in [0.1, 0.15) is 13.8 Å². The van der Waals surface area contributed by atoms with Gasteiger partial charge in [-0.05, 0) is 13.8 Å². The molecule has 14 heavy (non-hydrogen) atoms. The zero-order valence-electron chi connectivity index (χ0n) is 8.67. The van der Waals surface area contributed by atoms with Gasteiger partial charge in [0, 0.05) is 18.4 Å². The third-order valence-electron chi connectivity index (χ3n) is 1.53. The molecule has 0 N–H and O–H groups in total. The fourth-order valence-corrected chi connectivity index (χ4v) is 1.16. The normalized spacial score (nSPS) is 13.5. The lowest BCUT2D eigenvalue weighted by atomic mass is 10.4. The zero-order valence-corrected chi connectivity index (χ0v) is 10.2. The molecule has 0 aliphatic heterocycles. The highest BCUT2D eigenvalue weighted by Crippen LogP contribution is 2.06. The van der Waals surface area contributed by atoms with Crippen LogP contribution in [0.4, 0.5) is 0 Å². The molecule has 0 rings (SSSR count). The van der Waals surface area contributed by atoms with Crippen LogP contribution >= 0.6 is 23.2 Å². The molecular weight excluding hydrogens is 227 g/mol. The molecule has 0 bridgehead atoms. The van der Waals surface area contributed by atoms with Gasteiger partial charge in [0.1, 0.15) is 6.10 Å². The van der Waals surface area contributed by atoms with Crippen molar-refractivity contribution in [1.29, 1.82) is 0 Å². The fraction of sp³-hybridized carbons (Fsp3) is 1.00. The fourth-order valence-electron chi connectivity index (χ4n) is 0.982. The summed E-state index contributed by atoms with van der Waals surface area (Å²) in [6, 6.07) is 0. The summed E-state index contributed by atoms with van der Waals surface area (Å²) < 4.78 is 16.1. The molecule has 0 radical (unpaired) electrons. The molecule has 0 aromatic carbocycles. The van der Waals surface area contributed by atoms with Crippen molar-refractivity contribution in [2.75, 3.05) is 31.6 Å². The molecule has 0 spiro atoms. The summed E-state index contributed by atoms with van der Waals surface area (Å²) in [4.78, 5) is 0. The van der Waals surface area contributed by atoms with Crippen LogP contribution in [0.3, 0.4) is 0 Å². The van der Waals surface area contributed by atoms with Crippen LogP contribution in [-0.4, -0.2) is 44.0 Å². The van der Waals surface area contributed by atoms with Gasteiger partial charge in [0.25, 0.3) is 0 Å². The molecule has 0 aromatic heterocycles. The Kier molecular flexibility index (Phi) is 10.3. The number of alkyl halides is 2. The summed E-state index contributed by atoms with van der Waals surface area (Å²) >= 11 is 11.0. The van der Waals surface area contributed by atoms with Crippen LogP contribution < -0.4 is 0 Å². The van der Waals surface area contributed by atoms with E-state index >= 15 is 0 Å². The number of hydrogen-bond acceptors (Lipinski definition) is 3. The van der Waals surface area contributed by atoms with E-state index < -0.39 is 0 Å². The lowest BCUT2D eigenvalue weighted by Crippen LogP contribution is -2.33.